The highest BCUT2D eigenvalue weighted by Gasteiger charge is 2.14. The zero-order chi connectivity index (χ0) is 18.3. The second-order valence-electron chi connectivity index (χ2n) is 6.57. The predicted octanol–water partition coefficient (Wildman–Crippen LogP) is 4.65. The Hall–Kier alpha value is -1.90. The molecule has 0 saturated carbocycles. The van der Waals surface area contributed by atoms with Gasteiger partial charge in [-0.1, -0.05) is 54.6 Å². The number of amides is 1. The fourth-order valence-corrected chi connectivity index (χ4v) is 3.50. The van der Waals surface area contributed by atoms with Crippen molar-refractivity contribution in [3.63, 3.8) is 0 Å². The minimum Gasteiger partial charge on any atom is -0.324 e. The number of carbonyl (C=O) groups is 1. The van der Waals surface area contributed by atoms with Gasteiger partial charge in [0.1, 0.15) is 6.61 Å². The Morgan fingerprint density at radius 2 is 1.68 bits per heavy atom. The van der Waals surface area contributed by atoms with E-state index in [0.717, 1.165) is 16.7 Å². The fraction of sp³-hybridized carbons (Fsp3) is 0.350. The summed E-state index contributed by atoms with van der Waals surface area (Å²) in [6, 6.07) is 18.1. The van der Waals surface area contributed by atoms with Crippen molar-refractivity contribution in [2.24, 2.45) is 0 Å². The van der Waals surface area contributed by atoms with Crippen LogP contribution < -0.4 is 0 Å². The van der Waals surface area contributed by atoms with E-state index in [-0.39, 0.29) is 5.91 Å². The first-order chi connectivity index (χ1) is 11.9. The lowest BCUT2D eigenvalue weighted by molar-refractivity contribution is -0.189. The average molecular weight is 359 g/mol. The minimum atomic E-state index is -2.07. The van der Waals surface area contributed by atoms with E-state index in [9.17, 15) is 9.36 Å². The monoisotopic (exact) mass is 359 g/mol. The summed E-state index contributed by atoms with van der Waals surface area (Å²) in [6.07, 6.45) is 1.28. The van der Waals surface area contributed by atoms with Gasteiger partial charge in [0, 0.05) is 19.6 Å². The van der Waals surface area contributed by atoms with Crippen LogP contribution in [0.2, 0.25) is 0 Å². The molecule has 5 heteroatoms. The van der Waals surface area contributed by atoms with Crippen molar-refractivity contribution >= 4 is 13.0 Å². The van der Waals surface area contributed by atoms with E-state index in [1.807, 2.05) is 36.4 Å². The quantitative estimate of drug-likeness (QED) is 0.509. The van der Waals surface area contributed by atoms with Crippen LogP contribution in [0.4, 0.5) is 0 Å². The summed E-state index contributed by atoms with van der Waals surface area (Å²) in [7, 11) is -2.07. The van der Waals surface area contributed by atoms with E-state index in [1.165, 1.54) is 12.0 Å². The molecule has 0 heterocycles. The molecule has 0 radical (unpaired) electrons. The van der Waals surface area contributed by atoms with E-state index >= 15 is 0 Å². The van der Waals surface area contributed by atoms with Crippen molar-refractivity contribution in [1.82, 2.24) is 5.06 Å². The highest BCUT2D eigenvalue weighted by atomic mass is 31.2. The molecule has 1 amide bonds. The Kier molecular flexibility index (Phi) is 6.98. The zero-order valence-corrected chi connectivity index (χ0v) is 16.0. The van der Waals surface area contributed by atoms with Gasteiger partial charge in [-0.2, -0.15) is 0 Å². The van der Waals surface area contributed by atoms with Crippen molar-refractivity contribution in [2.45, 2.75) is 20.0 Å². The van der Waals surface area contributed by atoms with Crippen LogP contribution in [0.1, 0.15) is 18.9 Å². The summed E-state index contributed by atoms with van der Waals surface area (Å²) < 4.78 is 11.8. The highest BCUT2D eigenvalue weighted by Crippen LogP contribution is 2.36. The van der Waals surface area contributed by atoms with Crippen LogP contribution in [0.5, 0.6) is 0 Å². The third-order valence-corrected chi connectivity index (χ3v) is 5.28. The molecule has 2 aromatic carbocycles. The van der Waals surface area contributed by atoms with Gasteiger partial charge < -0.3 is 4.57 Å². The third kappa shape index (κ3) is 6.49. The summed E-state index contributed by atoms with van der Waals surface area (Å²) in [6.45, 7) is 5.79. The smallest absolute Gasteiger partial charge is 0.243 e. The largest absolute Gasteiger partial charge is 0.324 e. The molecule has 4 nitrogen and oxygen atoms in total. The van der Waals surface area contributed by atoms with Crippen molar-refractivity contribution in [3.05, 3.63) is 60.2 Å². The lowest BCUT2D eigenvalue weighted by atomic mass is 10.0. The summed E-state index contributed by atoms with van der Waals surface area (Å²) in [5.41, 5.74) is 3.24. The molecule has 2 aromatic rings. The average Bonchev–Trinajstić information content (AvgIpc) is 2.57. The Bertz CT molecular complexity index is 740. The molecule has 134 valence electrons. The fourth-order valence-electron chi connectivity index (χ4n) is 2.60. The molecule has 0 saturated heterocycles. The Balaban J connectivity index is 2.03. The summed E-state index contributed by atoms with van der Waals surface area (Å²) in [5, 5.41) is 1.37. The molecular weight excluding hydrogens is 333 g/mol. The van der Waals surface area contributed by atoms with Gasteiger partial charge in [-0.15, -0.1) is 0 Å². The van der Waals surface area contributed by atoms with Crippen molar-refractivity contribution < 1.29 is 14.2 Å². The maximum Gasteiger partial charge on any atom is 0.243 e. The van der Waals surface area contributed by atoms with Gasteiger partial charge in [-0.05, 0) is 36.4 Å². The second-order valence-corrected chi connectivity index (χ2v) is 10.2. The van der Waals surface area contributed by atoms with Crippen LogP contribution >= 0.6 is 7.14 Å². The van der Waals surface area contributed by atoms with Gasteiger partial charge in [0.15, 0.2) is 0 Å². The Labute approximate surface area is 150 Å². The maximum atomic E-state index is 11.8. The molecule has 0 spiro atoms. The molecule has 0 atom stereocenters. The first-order valence-electron chi connectivity index (χ1n) is 8.45. The Morgan fingerprint density at radius 3 is 2.32 bits per heavy atom. The van der Waals surface area contributed by atoms with Crippen LogP contribution in [0.15, 0.2) is 54.6 Å². The van der Waals surface area contributed by atoms with Gasteiger partial charge in [0.05, 0.1) is 7.14 Å². The lowest BCUT2D eigenvalue weighted by Gasteiger charge is -2.21. The van der Waals surface area contributed by atoms with Gasteiger partial charge in [-0.25, -0.2) is 5.06 Å². The molecule has 0 unspecified atom stereocenters. The van der Waals surface area contributed by atoms with E-state index in [0.29, 0.717) is 25.7 Å². The topological polar surface area (TPSA) is 46.6 Å². The maximum absolute atomic E-state index is 11.8. The summed E-state index contributed by atoms with van der Waals surface area (Å²) in [4.78, 5) is 17.6. The predicted molar refractivity (Wildman–Crippen MR) is 103 cm³/mol. The number of rotatable bonds is 8. The molecule has 0 aliphatic rings. The number of hydrogen-bond donors (Lipinski definition) is 0. The van der Waals surface area contributed by atoms with E-state index in [2.05, 4.69) is 18.2 Å². The third-order valence-electron chi connectivity index (χ3n) is 3.89. The van der Waals surface area contributed by atoms with Gasteiger partial charge in [0.25, 0.3) is 0 Å². The van der Waals surface area contributed by atoms with E-state index < -0.39 is 7.14 Å². The molecule has 2 rings (SSSR count). The van der Waals surface area contributed by atoms with Crippen molar-refractivity contribution in [1.29, 1.82) is 0 Å². The summed E-state index contributed by atoms with van der Waals surface area (Å²) >= 11 is 0. The number of benzene rings is 2. The molecule has 0 fully saturated rings. The SMILES string of the molecule is CC(=O)N(CCCP(C)(C)=O)OCc1ccccc1-c1ccccc1. The molecule has 25 heavy (non-hydrogen) atoms. The van der Waals surface area contributed by atoms with Crippen LogP contribution in [-0.4, -0.2) is 37.0 Å². The second kappa shape index (κ2) is 8.98. The molecular formula is C20H26NO3P. The van der Waals surface area contributed by atoms with Crippen molar-refractivity contribution in [3.8, 4) is 11.1 Å². The number of hydroxylamine groups is 2. The van der Waals surface area contributed by atoms with Crippen LogP contribution in [0.3, 0.4) is 0 Å². The van der Waals surface area contributed by atoms with Crippen LogP contribution in [0, 0.1) is 0 Å². The first kappa shape index (κ1) is 19.4. The number of nitrogens with zero attached hydrogens (tertiary/aromatic N) is 1. The lowest BCUT2D eigenvalue weighted by Crippen LogP contribution is -2.30. The minimum absolute atomic E-state index is 0.140. The first-order valence-corrected chi connectivity index (χ1v) is 11.2. The Morgan fingerprint density at radius 1 is 1.04 bits per heavy atom. The normalized spacial score (nSPS) is 11.3. The molecule has 0 aromatic heterocycles. The van der Waals surface area contributed by atoms with Crippen molar-refractivity contribution in [2.75, 3.05) is 26.0 Å². The van der Waals surface area contributed by atoms with Crippen LogP contribution in [0.25, 0.3) is 11.1 Å². The number of hydrogen-bond acceptors (Lipinski definition) is 3. The standard InChI is InChI=1S/C20H26NO3P/c1-17(22)21(14-9-15-25(2,3)23)24-16-19-12-7-8-13-20(19)18-10-5-4-6-11-18/h4-8,10-13H,9,14-16H2,1-3H3. The molecule has 0 aliphatic heterocycles. The molecule has 0 N–H and O–H groups in total. The van der Waals surface area contributed by atoms with Crippen LogP contribution in [-0.2, 0) is 20.8 Å². The zero-order valence-electron chi connectivity index (χ0n) is 15.1. The molecule has 0 aliphatic carbocycles. The number of carbonyl (C=O) groups excluding carboxylic acids is 1. The highest BCUT2D eigenvalue weighted by molar-refractivity contribution is 7.62. The van der Waals surface area contributed by atoms with E-state index in [1.54, 1.807) is 13.3 Å². The molecule has 0 bridgehead atoms. The van der Waals surface area contributed by atoms with E-state index in [4.69, 9.17) is 4.84 Å². The van der Waals surface area contributed by atoms with Gasteiger partial charge in [-0.3, -0.25) is 9.63 Å². The van der Waals surface area contributed by atoms with Gasteiger partial charge >= 0.3 is 0 Å². The summed E-state index contributed by atoms with van der Waals surface area (Å²) in [5.74, 6) is -0.140. The van der Waals surface area contributed by atoms with Gasteiger partial charge in [0.2, 0.25) is 5.91 Å².